The number of nitrogens with one attached hydrogen (secondary N) is 2. The third-order valence-electron chi connectivity index (χ3n) is 4.99. The number of H-pyrrole nitrogens is 1. The number of aromatic amines is 1. The van der Waals surface area contributed by atoms with E-state index in [9.17, 15) is 13.2 Å². The predicted octanol–water partition coefficient (Wildman–Crippen LogP) is 2.94. The number of nitrogens with zero attached hydrogens (tertiary/aromatic N) is 3. The van der Waals surface area contributed by atoms with E-state index in [1.165, 1.54) is 21.1 Å². The molecule has 1 atom stereocenters. The highest BCUT2D eigenvalue weighted by atomic mass is 32.2. The topological polar surface area (TPSA) is 100 Å². The van der Waals surface area contributed by atoms with Crippen LogP contribution in [-0.4, -0.2) is 46.3 Å². The molecule has 1 unspecified atom stereocenters. The van der Waals surface area contributed by atoms with Gasteiger partial charge in [-0.15, -0.1) is 0 Å². The maximum atomic E-state index is 12.8. The van der Waals surface area contributed by atoms with Crippen LogP contribution in [0.15, 0.2) is 53.7 Å². The summed E-state index contributed by atoms with van der Waals surface area (Å²) >= 11 is 0. The van der Waals surface area contributed by atoms with Gasteiger partial charge in [-0.3, -0.25) is 4.79 Å². The summed E-state index contributed by atoms with van der Waals surface area (Å²) in [5.41, 5.74) is 2.13. The Morgan fingerprint density at radius 3 is 2.53 bits per heavy atom. The standard InChI is InChI=1S/C21H27N5O3S/c1-5-26(6-2)30(28,29)17-12-19(25(4)14-17)21(27)23-15(3)20-22-13-18(24-20)16-10-8-7-9-11-16/h7-15H,5-6H2,1-4H3,(H,22,24)(H,23,27). The van der Waals surface area contributed by atoms with Gasteiger partial charge in [-0.25, -0.2) is 13.4 Å². The first kappa shape index (κ1) is 21.8. The number of aryl methyl sites for hydroxylation is 1. The van der Waals surface area contributed by atoms with Gasteiger partial charge in [0, 0.05) is 26.3 Å². The van der Waals surface area contributed by atoms with Gasteiger partial charge in [-0.1, -0.05) is 44.2 Å². The highest BCUT2D eigenvalue weighted by Crippen LogP contribution is 2.21. The van der Waals surface area contributed by atoms with E-state index in [4.69, 9.17) is 0 Å². The zero-order valence-corrected chi connectivity index (χ0v) is 18.4. The molecule has 0 bridgehead atoms. The molecule has 0 fully saturated rings. The second-order valence-electron chi connectivity index (χ2n) is 7.00. The Bertz CT molecular complexity index is 1110. The van der Waals surface area contributed by atoms with Crippen molar-refractivity contribution in [1.82, 2.24) is 24.2 Å². The van der Waals surface area contributed by atoms with Crippen molar-refractivity contribution in [2.75, 3.05) is 13.1 Å². The van der Waals surface area contributed by atoms with E-state index in [2.05, 4.69) is 15.3 Å². The number of hydrogen-bond donors (Lipinski definition) is 2. The fourth-order valence-electron chi connectivity index (χ4n) is 3.27. The Hall–Kier alpha value is -2.91. The first-order valence-corrected chi connectivity index (χ1v) is 11.3. The molecule has 1 aromatic carbocycles. The number of benzene rings is 1. The van der Waals surface area contributed by atoms with Crippen LogP contribution in [-0.2, 0) is 17.1 Å². The normalized spacial score (nSPS) is 12.8. The van der Waals surface area contributed by atoms with Crippen LogP contribution >= 0.6 is 0 Å². The number of sulfonamides is 1. The minimum atomic E-state index is -3.63. The number of hydrogen-bond acceptors (Lipinski definition) is 4. The fourth-order valence-corrected chi connectivity index (χ4v) is 4.80. The maximum Gasteiger partial charge on any atom is 0.268 e. The predicted molar refractivity (Wildman–Crippen MR) is 115 cm³/mol. The largest absolute Gasteiger partial charge is 0.345 e. The summed E-state index contributed by atoms with van der Waals surface area (Å²) in [5, 5.41) is 2.88. The number of carbonyl (C=O) groups is 1. The van der Waals surface area contributed by atoms with E-state index in [1.807, 2.05) is 37.3 Å². The van der Waals surface area contributed by atoms with Gasteiger partial charge in [0.25, 0.3) is 5.91 Å². The van der Waals surface area contributed by atoms with Crippen molar-refractivity contribution < 1.29 is 13.2 Å². The van der Waals surface area contributed by atoms with Gasteiger partial charge in [0.15, 0.2) is 0 Å². The summed E-state index contributed by atoms with van der Waals surface area (Å²) in [6.45, 7) is 6.13. The van der Waals surface area contributed by atoms with Crippen LogP contribution < -0.4 is 5.32 Å². The highest BCUT2D eigenvalue weighted by Gasteiger charge is 2.26. The van der Waals surface area contributed by atoms with Crippen molar-refractivity contribution in [3.05, 3.63) is 60.3 Å². The van der Waals surface area contributed by atoms with Crippen LogP contribution in [0.3, 0.4) is 0 Å². The van der Waals surface area contributed by atoms with Crippen molar-refractivity contribution in [2.45, 2.75) is 31.7 Å². The van der Waals surface area contributed by atoms with E-state index in [-0.39, 0.29) is 22.5 Å². The number of rotatable bonds is 8. The quantitative estimate of drug-likeness (QED) is 0.575. The summed E-state index contributed by atoms with van der Waals surface area (Å²) < 4.78 is 28.3. The van der Waals surface area contributed by atoms with Crippen LogP contribution in [0.5, 0.6) is 0 Å². The minimum Gasteiger partial charge on any atom is -0.345 e. The Labute approximate surface area is 177 Å². The van der Waals surface area contributed by atoms with Crippen LogP contribution in [0.25, 0.3) is 11.3 Å². The SMILES string of the molecule is CCN(CC)S(=O)(=O)c1cc(C(=O)NC(C)c2ncc(-c3ccccc3)[nH]2)n(C)c1. The molecule has 2 aromatic heterocycles. The lowest BCUT2D eigenvalue weighted by Crippen LogP contribution is -2.30. The monoisotopic (exact) mass is 429 g/mol. The van der Waals surface area contributed by atoms with Gasteiger partial charge in [-0.05, 0) is 18.6 Å². The summed E-state index contributed by atoms with van der Waals surface area (Å²) in [5.74, 6) is 0.246. The molecule has 0 saturated carbocycles. The zero-order chi connectivity index (χ0) is 21.9. The van der Waals surface area contributed by atoms with Crippen molar-refractivity contribution in [2.24, 2.45) is 7.05 Å². The molecule has 0 aliphatic rings. The minimum absolute atomic E-state index is 0.107. The molecule has 3 rings (SSSR count). The molecule has 3 aromatic rings. The number of imidazole rings is 1. The third-order valence-corrected chi connectivity index (χ3v) is 7.01. The van der Waals surface area contributed by atoms with Gasteiger partial charge in [0.05, 0.1) is 17.9 Å². The lowest BCUT2D eigenvalue weighted by molar-refractivity contribution is 0.0930. The Morgan fingerprint density at radius 2 is 1.90 bits per heavy atom. The molecule has 160 valence electrons. The lowest BCUT2D eigenvalue weighted by atomic mass is 10.2. The molecule has 9 heteroatoms. The molecule has 0 aliphatic heterocycles. The first-order valence-electron chi connectivity index (χ1n) is 9.85. The molecule has 0 radical (unpaired) electrons. The van der Waals surface area contributed by atoms with E-state index >= 15 is 0 Å². The third kappa shape index (κ3) is 4.31. The van der Waals surface area contributed by atoms with Gasteiger partial charge in [-0.2, -0.15) is 4.31 Å². The Kier molecular flexibility index (Phi) is 6.42. The highest BCUT2D eigenvalue weighted by molar-refractivity contribution is 7.89. The van der Waals surface area contributed by atoms with Crippen molar-refractivity contribution in [1.29, 1.82) is 0 Å². The number of carbonyl (C=O) groups excluding carboxylic acids is 1. The molecule has 2 N–H and O–H groups in total. The fraction of sp³-hybridized carbons (Fsp3) is 0.333. The van der Waals surface area contributed by atoms with Crippen molar-refractivity contribution >= 4 is 15.9 Å². The number of aromatic nitrogens is 3. The number of amides is 1. The molecular weight excluding hydrogens is 402 g/mol. The second kappa shape index (κ2) is 8.85. The van der Waals surface area contributed by atoms with E-state index in [0.29, 0.717) is 18.9 Å². The molecular formula is C21H27N5O3S. The van der Waals surface area contributed by atoms with E-state index in [0.717, 1.165) is 11.3 Å². The molecule has 1 amide bonds. The maximum absolute atomic E-state index is 12.8. The van der Waals surface area contributed by atoms with Crippen LogP contribution in [0.1, 0.15) is 43.1 Å². The van der Waals surface area contributed by atoms with E-state index in [1.54, 1.807) is 27.1 Å². The smallest absolute Gasteiger partial charge is 0.268 e. The average Bonchev–Trinajstić information content (AvgIpc) is 3.37. The summed E-state index contributed by atoms with van der Waals surface area (Å²) in [4.78, 5) is 20.5. The molecule has 0 saturated heterocycles. The zero-order valence-electron chi connectivity index (χ0n) is 17.6. The average molecular weight is 430 g/mol. The molecule has 2 heterocycles. The molecule has 30 heavy (non-hydrogen) atoms. The van der Waals surface area contributed by atoms with Crippen molar-refractivity contribution in [3.63, 3.8) is 0 Å². The van der Waals surface area contributed by atoms with Crippen LogP contribution in [0.2, 0.25) is 0 Å². The second-order valence-corrected chi connectivity index (χ2v) is 8.94. The molecule has 8 nitrogen and oxygen atoms in total. The Morgan fingerprint density at radius 1 is 1.23 bits per heavy atom. The first-order chi connectivity index (χ1) is 14.3. The van der Waals surface area contributed by atoms with Crippen LogP contribution in [0.4, 0.5) is 0 Å². The van der Waals surface area contributed by atoms with Gasteiger partial charge in [0.1, 0.15) is 16.4 Å². The lowest BCUT2D eigenvalue weighted by Gasteiger charge is -2.17. The van der Waals surface area contributed by atoms with Gasteiger partial charge >= 0.3 is 0 Å². The Balaban J connectivity index is 1.77. The molecule has 0 aliphatic carbocycles. The van der Waals surface area contributed by atoms with Crippen LogP contribution in [0, 0.1) is 0 Å². The molecule has 0 spiro atoms. The summed E-state index contributed by atoms with van der Waals surface area (Å²) in [7, 11) is -1.98. The summed E-state index contributed by atoms with van der Waals surface area (Å²) in [6, 6.07) is 10.8. The van der Waals surface area contributed by atoms with E-state index < -0.39 is 10.0 Å². The van der Waals surface area contributed by atoms with Gasteiger partial charge in [0.2, 0.25) is 10.0 Å². The van der Waals surface area contributed by atoms with Crippen molar-refractivity contribution in [3.8, 4) is 11.3 Å². The van der Waals surface area contributed by atoms with Gasteiger partial charge < -0.3 is 14.9 Å². The summed E-state index contributed by atoms with van der Waals surface area (Å²) in [6.07, 6.45) is 3.19.